The Morgan fingerprint density at radius 3 is 2.62 bits per heavy atom. The molecule has 0 spiro atoms. The summed E-state index contributed by atoms with van der Waals surface area (Å²) in [7, 11) is 1.44. The topological polar surface area (TPSA) is 80.5 Å². The number of carbonyl (C=O) groups excluding carboxylic acids is 1. The van der Waals surface area contributed by atoms with E-state index in [1.165, 1.54) is 14.0 Å². The first-order valence-electron chi connectivity index (χ1n) is 7.23. The number of nitrogens with zero attached hydrogens (tertiary/aromatic N) is 2. The molecule has 0 aliphatic heterocycles. The van der Waals surface area contributed by atoms with E-state index in [-0.39, 0.29) is 34.0 Å². The minimum Gasteiger partial charge on any atom is -0.496 e. The Bertz CT molecular complexity index is 966. The fourth-order valence-corrected chi connectivity index (χ4v) is 2.96. The van der Waals surface area contributed by atoms with Crippen molar-refractivity contribution in [2.45, 2.75) is 20.8 Å². The van der Waals surface area contributed by atoms with E-state index in [1.807, 2.05) is 0 Å². The van der Waals surface area contributed by atoms with Crippen molar-refractivity contribution in [3.05, 3.63) is 28.9 Å². The van der Waals surface area contributed by atoms with E-state index < -0.39 is 5.82 Å². The molecule has 0 radical (unpaired) electrons. The first-order valence-corrected chi connectivity index (χ1v) is 7.23. The van der Waals surface area contributed by atoms with Crippen LogP contribution in [0.1, 0.15) is 28.7 Å². The zero-order valence-corrected chi connectivity index (χ0v) is 13.8. The molecule has 2 aromatic heterocycles. The van der Waals surface area contributed by atoms with Crippen LogP contribution in [0.2, 0.25) is 0 Å². The van der Waals surface area contributed by atoms with Gasteiger partial charge in [-0.3, -0.25) is 4.79 Å². The number of aryl methyl sites for hydroxylation is 2. The van der Waals surface area contributed by atoms with Gasteiger partial charge in [0.1, 0.15) is 17.3 Å². The molecule has 3 rings (SSSR count). The SMILES string of the molecule is C=Nc1[nH]c2c(F)c(-c3c(C)noc3C)c(OC)cc2c1C(C)=O. The third-order valence-corrected chi connectivity index (χ3v) is 3.99. The summed E-state index contributed by atoms with van der Waals surface area (Å²) in [6.45, 7) is 8.25. The first-order chi connectivity index (χ1) is 11.4. The van der Waals surface area contributed by atoms with E-state index in [0.29, 0.717) is 22.4 Å². The summed E-state index contributed by atoms with van der Waals surface area (Å²) in [5.41, 5.74) is 1.75. The van der Waals surface area contributed by atoms with Crippen LogP contribution >= 0.6 is 0 Å². The molecule has 0 atom stereocenters. The number of nitrogens with one attached hydrogen (secondary N) is 1. The molecule has 2 heterocycles. The van der Waals surface area contributed by atoms with Crippen molar-refractivity contribution in [3.63, 3.8) is 0 Å². The van der Waals surface area contributed by atoms with Crippen LogP contribution in [-0.4, -0.2) is 29.8 Å². The number of ketones is 1. The van der Waals surface area contributed by atoms with Gasteiger partial charge in [0, 0.05) is 5.39 Å². The van der Waals surface area contributed by atoms with Gasteiger partial charge < -0.3 is 14.2 Å². The van der Waals surface area contributed by atoms with E-state index in [9.17, 15) is 4.79 Å². The predicted molar refractivity (Wildman–Crippen MR) is 89.0 cm³/mol. The van der Waals surface area contributed by atoms with E-state index >= 15 is 4.39 Å². The minimum atomic E-state index is -0.559. The fourth-order valence-electron chi connectivity index (χ4n) is 2.96. The second kappa shape index (κ2) is 5.59. The van der Waals surface area contributed by atoms with Crippen molar-refractivity contribution >= 4 is 29.2 Å². The number of Topliss-reactive ketones (excluding diaryl/α,β-unsaturated/α-hetero) is 1. The summed E-state index contributed by atoms with van der Waals surface area (Å²) in [5, 5.41) is 4.26. The number of hydrogen-bond donors (Lipinski definition) is 1. The molecule has 0 saturated carbocycles. The lowest BCUT2D eigenvalue weighted by atomic mass is 9.99. The van der Waals surface area contributed by atoms with Crippen molar-refractivity contribution in [2.75, 3.05) is 7.11 Å². The average Bonchev–Trinajstić information content (AvgIpc) is 3.08. The predicted octanol–water partition coefficient (Wildman–Crippen LogP) is 4.12. The largest absolute Gasteiger partial charge is 0.496 e. The Labute approximate surface area is 137 Å². The summed E-state index contributed by atoms with van der Waals surface area (Å²) in [6.07, 6.45) is 0. The second-order valence-corrected chi connectivity index (χ2v) is 5.45. The van der Waals surface area contributed by atoms with Gasteiger partial charge in [-0.05, 0) is 33.6 Å². The number of ether oxygens (including phenoxy) is 1. The van der Waals surface area contributed by atoms with Gasteiger partial charge in [0.05, 0.1) is 35.0 Å². The number of rotatable bonds is 4. The minimum absolute atomic E-state index is 0.165. The normalized spacial score (nSPS) is 11.0. The molecule has 3 aromatic rings. The van der Waals surface area contributed by atoms with Gasteiger partial charge in [-0.2, -0.15) is 0 Å². The molecule has 7 heteroatoms. The van der Waals surface area contributed by atoms with E-state index in [1.54, 1.807) is 19.9 Å². The molecular weight excluding hydrogens is 313 g/mol. The van der Waals surface area contributed by atoms with E-state index in [4.69, 9.17) is 9.26 Å². The maximum atomic E-state index is 15.3. The van der Waals surface area contributed by atoms with Crippen LogP contribution in [0, 0.1) is 19.7 Å². The molecule has 0 amide bonds. The Balaban J connectivity index is 2.47. The molecule has 1 N–H and O–H groups in total. The second-order valence-electron chi connectivity index (χ2n) is 5.45. The molecule has 0 bridgehead atoms. The summed E-state index contributed by atoms with van der Waals surface area (Å²) in [6, 6.07) is 1.61. The van der Waals surface area contributed by atoms with Gasteiger partial charge in [0.15, 0.2) is 11.6 Å². The number of aliphatic imine (C=N–C) groups is 1. The quantitative estimate of drug-likeness (QED) is 0.576. The highest BCUT2D eigenvalue weighted by Gasteiger charge is 2.26. The number of aromatic nitrogens is 2. The lowest BCUT2D eigenvalue weighted by Crippen LogP contribution is -1.96. The van der Waals surface area contributed by atoms with Crippen LogP contribution in [0.4, 0.5) is 10.2 Å². The van der Waals surface area contributed by atoms with Gasteiger partial charge in [-0.25, -0.2) is 9.38 Å². The monoisotopic (exact) mass is 329 g/mol. The number of hydrogen-bond acceptors (Lipinski definition) is 5. The van der Waals surface area contributed by atoms with Crippen molar-refractivity contribution in [1.82, 2.24) is 10.1 Å². The Morgan fingerprint density at radius 2 is 2.12 bits per heavy atom. The van der Waals surface area contributed by atoms with Gasteiger partial charge in [0.25, 0.3) is 0 Å². The number of benzene rings is 1. The van der Waals surface area contributed by atoms with Crippen LogP contribution < -0.4 is 4.74 Å². The smallest absolute Gasteiger partial charge is 0.164 e. The van der Waals surface area contributed by atoms with Crippen LogP contribution in [0.5, 0.6) is 5.75 Å². The zero-order chi connectivity index (χ0) is 17.6. The highest BCUT2D eigenvalue weighted by atomic mass is 19.1. The van der Waals surface area contributed by atoms with Crippen molar-refractivity contribution in [3.8, 4) is 16.9 Å². The number of methoxy groups -OCH3 is 1. The molecule has 0 aliphatic carbocycles. The first kappa shape index (κ1) is 15.9. The lowest BCUT2D eigenvalue weighted by Gasteiger charge is -2.11. The molecule has 0 saturated heterocycles. The Kier molecular flexibility index (Phi) is 3.71. The highest BCUT2D eigenvalue weighted by Crippen LogP contribution is 2.42. The standard InChI is InChI=1S/C17H16FN3O3/c1-7-12(9(3)24-21-7)14-11(23-5)6-10-13(8(2)22)17(19-4)20-16(10)15(14)18/h6,20H,4H2,1-3,5H3. The molecule has 0 fully saturated rings. The van der Waals surface area contributed by atoms with Gasteiger partial charge >= 0.3 is 0 Å². The van der Waals surface area contributed by atoms with Crippen molar-refractivity contribution in [1.29, 1.82) is 0 Å². The third-order valence-electron chi connectivity index (χ3n) is 3.99. The molecule has 6 nitrogen and oxygen atoms in total. The van der Waals surface area contributed by atoms with E-state index in [0.717, 1.165) is 0 Å². The Hall–Kier alpha value is -2.96. The van der Waals surface area contributed by atoms with Crippen LogP contribution in [0.3, 0.4) is 0 Å². The fraction of sp³-hybridized carbons (Fsp3) is 0.235. The number of aromatic amines is 1. The number of H-pyrrole nitrogens is 1. The zero-order valence-electron chi connectivity index (χ0n) is 13.8. The van der Waals surface area contributed by atoms with Gasteiger partial charge in [0.2, 0.25) is 0 Å². The summed E-state index contributed by atoms with van der Waals surface area (Å²) in [4.78, 5) is 18.5. The molecular formula is C17H16FN3O3. The van der Waals surface area contributed by atoms with Gasteiger partial charge in [-0.15, -0.1) is 0 Å². The van der Waals surface area contributed by atoms with Gasteiger partial charge in [-0.1, -0.05) is 5.16 Å². The van der Waals surface area contributed by atoms with Crippen LogP contribution in [0.25, 0.3) is 22.0 Å². The van der Waals surface area contributed by atoms with Crippen LogP contribution in [-0.2, 0) is 0 Å². The summed E-state index contributed by atoms with van der Waals surface area (Å²) >= 11 is 0. The third kappa shape index (κ3) is 2.12. The number of halogens is 1. The number of carbonyl (C=O) groups is 1. The highest BCUT2D eigenvalue weighted by molar-refractivity contribution is 6.12. The number of fused-ring (bicyclic) bond motifs is 1. The molecule has 0 unspecified atom stereocenters. The van der Waals surface area contributed by atoms with Crippen LogP contribution in [0.15, 0.2) is 15.6 Å². The lowest BCUT2D eigenvalue weighted by molar-refractivity contribution is 0.102. The average molecular weight is 329 g/mol. The molecule has 1 aromatic carbocycles. The maximum absolute atomic E-state index is 15.3. The summed E-state index contributed by atoms with van der Waals surface area (Å²) in [5.74, 6) is 0.191. The molecule has 0 aliphatic rings. The van der Waals surface area contributed by atoms with E-state index in [2.05, 4.69) is 21.9 Å². The molecule has 24 heavy (non-hydrogen) atoms. The Morgan fingerprint density at radius 1 is 1.42 bits per heavy atom. The maximum Gasteiger partial charge on any atom is 0.164 e. The van der Waals surface area contributed by atoms with Crippen molar-refractivity contribution < 1.29 is 18.4 Å². The summed E-state index contributed by atoms with van der Waals surface area (Å²) < 4.78 is 25.8. The van der Waals surface area contributed by atoms with Crippen molar-refractivity contribution in [2.24, 2.45) is 4.99 Å². The molecule has 124 valence electrons.